The Labute approximate surface area is 180 Å². The molecular weight excluding hydrogens is 356 g/mol. The highest BCUT2D eigenvalue weighted by Gasteiger charge is 2.49. The van der Waals surface area contributed by atoms with Gasteiger partial charge in [-0.25, -0.2) is 0 Å². The van der Waals surface area contributed by atoms with Crippen molar-refractivity contribution in [3.63, 3.8) is 0 Å². The maximum absolute atomic E-state index is 10.5. The summed E-state index contributed by atoms with van der Waals surface area (Å²) in [4.78, 5) is 0. The second kappa shape index (κ2) is 11.0. The van der Waals surface area contributed by atoms with Gasteiger partial charge in [0, 0.05) is 0 Å². The topological polar surface area (TPSA) is 29.5 Å². The van der Waals surface area contributed by atoms with Crippen LogP contribution in [0.25, 0.3) is 0 Å². The summed E-state index contributed by atoms with van der Waals surface area (Å²) in [5.74, 6) is 0. The van der Waals surface area contributed by atoms with E-state index in [1.54, 1.807) is 0 Å². The summed E-state index contributed by atoms with van der Waals surface area (Å²) in [7, 11) is 0. The average Bonchev–Trinajstić information content (AvgIpc) is 2.70. The van der Waals surface area contributed by atoms with Gasteiger partial charge in [-0.1, -0.05) is 45.1 Å². The Kier molecular flexibility index (Phi) is 9.22. The third kappa shape index (κ3) is 6.07. The molecule has 0 bridgehead atoms. The van der Waals surface area contributed by atoms with Crippen LogP contribution in [0.1, 0.15) is 112 Å². The smallest absolute Gasteiger partial charge is 0.111 e. The molecular formula is C27H45O2-. The van der Waals surface area contributed by atoms with E-state index in [0.717, 1.165) is 44.1 Å². The lowest BCUT2D eigenvalue weighted by Crippen LogP contribution is -2.51. The number of allylic oxidation sites excluding steroid dienone is 2. The molecule has 0 amide bonds. The predicted molar refractivity (Wildman–Crippen MR) is 125 cm³/mol. The van der Waals surface area contributed by atoms with E-state index >= 15 is 0 Å². The maximum atomic E-state index is 10.5. The van der Waals surface area contributed by atoms with E-state index in [1.165, 1.54) is 55.2 Å². The van der Waals surface area contributed by atoms with Crippen molar-refractivity contribution in [1.29, 1.82) is 0 Å². The standard InChI is InChI=1S/C27H45O2/c1-7-9-10-11-12-13-18-27-23(5)22(4)25(28)20-24(27)16-19-26(6,29-27)17-14-15-21(3)8-2/h15,20,25,28H,2,7-14,16-19H2,1,3-6H3/q-1/b21-15+. The van der Waals surface area contributed by atoms with Crippen LogP contribution in [-0.4, -0.2) is 22.4 Å². The summed E-state index contributed by atoms with van der Waals surface area (Å²) in [6, 6.07) is 0. The number of hydrogen-bond acceptors (Lipinski definition) is 2. The van der Waals surface area contributed by atoms with Gasteiger partial charge in [-0.05, 0) is 89.0 Å². The summed E-state index contributed by atoms with van der Waals surface area (Å²) in [5, 5.41) is 10.5. The molecule has 0 aromatic carbocycles. The zero-order valence-corrected chi connectivity index (χ0v) is 19.8. The molecule has 2 heteroatoms. The van der Waals surface area contributed by atoms with Crippen LogP contribution < -0.4 is 0 Å². The van der Waals surface area contributed by atoms with E-state index in [9.17, 15) is 5.11 Å². The van der Waals surface area contributed by atoms with Gasteiger partial charge >= 0.3 is 0 Å². The molecule has 1 aliphatic heterocycles. The zero-order valence-electron chi connectivity index (χ0n) is 19.8. The summed E-state index contributed by atoms with van der Waals surface area (Å²) in [6.45, 7) is 15.0. The molecule has 166 valence electrons. The Hall–Kier alpha value is -0.860. The lowest BCUT2D eigenvalue weighted by Gasteiger charge is -2.52. The molecule has 0 radical (unpaired) electrons. The van der Waals surface area contributed by atoms with Crippen molar-refractivity contribution in [3.05, 3.63) is 41.4 Å². The van der Waals surface area contributed by atoms with E-state index in [0.29, 0.717) is 0 Å². The van der Waals surface area contributed by atoms with Crippen molar-refractivity contribution in [3.8, 4) is 0 Å². The molecule has 0 saturated carbocycles. The van der Waals surface area contributed by atoms with Gasteiger partial charge in [-0.15, -0.1) is 5.57 Å². The van der Waals surface area contributed by atoms with Crippen LogP contribution in [-0.2, 0) is 4.74 Å². The van der Waals surface area contributed by atoms with Gasteiger partial charge in [-0.2, -0.15) is 6.42 Å². The Morgan fingerprint density at radius 3 is 2.59 bits per heavy atom. The normalized spacial score (nSPS) is 30.4. The Bertz CT molecular complexity index is 626. The average molecular weight is 402 g/mol. The van der Waals surface area contributed by atoms with E-state index in [1.807, 2.05) is 0 Å². The number of hydrogen-bond donors (Lipinski definition) is 1. The van der Waals surface area contributed by atoms with Crippen LogP contribution in [0.2, 0.25) is 0 Å². The van der Waals surface area contributed by atoms with Crippen LogP contribution in [0.3, 0.4) is 0 Å². The molecule has 29 heavy (non-hydrogen) atoms. The van der Waals surface area contributed by atoms with Crippen LogP contribution in [0.5, 0.6) is 0 Å². The van der Waals surface area contributed by atoms with Gasteiger partial charge < -0.3 is 16.8 Å². The maximum Gasteiger partial charge on any atom is 0.111 e. The molecule has 3 unspecified atom stereocenters. The summed E-state index contributed by atoms with van der Waals surface area (Å²) in [5.41, 5.74) is 4.61. The molecule has 1 aliphatic carbocycles. The first-order chi connectivity index (χ1) is 13.8. The molecule has 0 spiro atoms. The van der Waals surface area contributed by atoms with E-state index < -0.39 is 6.10 Å². The first kappa shape index (κ1) is 24.4. The quantitative estimate of drug-likeness (QED) is 0.219. The minimum atomic E-state index is -0.446. The van der Waals surface area contributed by atoms with Gasteiger partial charge in [0.25, 0.3) is 0 Å². The molecule has 0 aromatic rings. The van der Waals surface area contributed by atoms with E-state index in [2.05, 4.69) is 53.7 Å². The van der Waals surface area contributed by atoms with E-state index in [-0.39, 0.29) is 11.2 Å². The van der Waals surface area contributed by atoms with Crippen LogP contribution in [0, 0.1) is 6.92 Å². The fourth-order valence-electron chi connectivity index (χ4n) is 4.98. The summed E-state index contributed by atoms with van der Waals surface area (Å²) < 4.78 is 7.06. The fourth-order valence-corrected chi connectivity index (χ4v) is 4.98. The lowest BCUT2D eigenvalue weighted by molar-refractivity contribution is -0.145. The highest BCUT2D eigenvalue weighted by atomic mass is 16.5. The van der Waals surface area contributed by atoms with Gasteiger partial charge in [0.1, 0.15) is 5.60 Å². The molecule has 2 rings (SSSR count). The van der Waals surface area contributed by atoms with Crippen LogP contribution in [0.4, 0.5) is 0 Å². The minimum Gasteiger partial charge on any atom is -0.385 e. The Balaban J connectivity index is 2.15. The van der Waals surface area contributed by atoms with Crippen molar-refractivity contribution in [2.45, 2.75) is 129 Å². The molecule has 1 N–H and O–H groups in total. The van der Waals surface area contributed by atoms with Gasteiger partial charge in [-0.3, -0.25) is 0 Å². The second-order valence-electron chi connectivity index (χ2n) is 9.68. The van der Waals surface area contributed by atoms with Crippen LogP contribution in [0.15, 0.2) is 34.4 Å². The first-order valence-corrected chi connectivity index (χ1v) is 12.0. The van der Waals surface area contributed by atoms with Gasteiger partial charge in [0.2, 0.25) is 0 Å². The highest BCUT2D eigenvalue weighted by molar-refractivity contribution is 5.44. The number of ether oxygens (including phenoxy) is 1. The number of unbranched alkanes of at least 4 members (excludes halogenated alkanes) is 5. The molecule has 2 nitrogen and oxygen atoms in total. The predicted octanol–water partition coefficient (Wildman–Crippen LogP) is 7.63. The lowest BCUT2D eigenvalue weighted by atomic mass is 9.69. The van der Waals surface area contributed by atoms with Gasteiger partial charge in [0.05, 0.1) is 11.7 Å². The SMILES string of the molecule is [CH2-]C/C(C)=C/CCC1(C)CCC2=CC(O)C(C)=C(C)C2(CCCCCCCC)O1. The van der Waals surface area contributed by atoms with Crippen LogP contribution >= 0.6 is 0 Å². The zero-order chi connectivity index (χ0) is 21.5. The molecule has 2 aliphatic rings. The Morgan fingerprint density at radius 2 is 1.90 bits per heavy atom. The second-order valence-corrected chi connectivity index (χ2v) is 9.68. The number of fused-ring (bicyclic) bond motifs is 1. The molecule has 1 saturated heterocycles. The fraction of sp³-hybridized carbons (Fsp3) is 0.741. The van der Waals surface area contributed by atoms with Crippen molar-refractivity contribution in [2.75, 3.05) is 0 Å². The Morgan fingerprint density at radius 1 is 1.21 bits per heavy atom. The largest absolute Gasteiger partial charge is 0.385 e. The highest BCUT2D eigenvalue weighted by Crippen LogP contribution is 2.51. The molecule has 1 heterocycles. The number of aliphatic hydroxyl groups is 1. The first-order valence-electron chi connectivity index (χ1n) is 12.0. The number of aliphatic hydroxyl groups excluding tert-OH is 1. The van der Waals surface area contributed by atoms with Gasteiger partial charge in [0.15, 0.2) is 0 Å². The number of rotatable bonds is 11. The summed E-state index contributed by atoms with van der Waals surface area (Å²) >= 11 is 0. The van der Waals surface area contributed by atoms with Crippen molar-refractivity contribution in [2.24, 2.45) is 0 Å². The van der Waals surface area contributed by atoms with Crippen molar-refractivity contribution >= 4 is 0 Å². The summed E-state index contributed by atoms with van der Waals surface area (Å²) in [6.07, 6.45) is 17.8. The molecule has 1 fully saturated rings. The minimum absolute atomic E-state index is 0.110. The monoisotopic (exact) mass is 401 g/mol. The van der Waals surface area contributed by atoms with Crippen molar-refractivity contribution < 1.29 is 9.84 Å². The molecule has 3 atom stereocenters. The third-order valence-electron chi connectivity index (χ3n) is 7.31. The molecule has 0 aromatic heterocycles. The third-order valence-corrected chi connectivity index (χ3v) is 7.31. The van der Waals surface area contributed by atoms with Crippen molar-refractivity contribution in [1.82, 2.24) is 0 Å². The van der Waals surface area contributed by atoms with E-state index in [4.69, 9.17) is 4.74 Å².